The van der Waals surface area contributed by atoms with Crippen molar-refractivity contribution in [3.8, 4) is 10.7 Å². The van der Waals surface area contributed by atoms with Crippen LogP contribution in [0.25, 0.3) is 10.7 Å². The quantitative estimate of drug-likeness (QED) is 0.404. The van der Waals surface area contributed by atoms with Crippen LogP contribution < -0.4 is 0 Å². The average molecular weight is 406 g/mol. The monoisotopic (exact) mass is 405 g/mol. The number of ether oxygens (including phenoxy) is 1. The van der Waals surface area contributed by atoms with Crippen molar-refractivity contribution in [2.75, 3.05) is 12.0 Å². The maximum absolute atomic E-state index is 12.0. The Morgan fingerprint density at radius 1 is 1.23 bits per heavy atom. The van der Waals surface area contributed by atoms with Gasteiger partial charge in [-0.1, -0.05) is 30.0 Å². The highest BCUT2D eigenvalue weighted by molar-refractivity contribution is 7.99. The third kappa shape index (κ3) is 4.69. The van der Waals surface area contributed by atoms with Crippen LogP contribution in [-0.4, -0.2) is 32.7 Å². The largest absolute Gasteiger partial charge is 0.460 e. The zero-order valence-electron chi connectivity index (χ0n) is 14.5. The van der Waals surface area contributed by atoms with Crippen LogP contribution in [-0.2, 0) is 22.7 Å². The van der Waals surface area contributed by atoms with Crippen molar-refractivity contribution in [1.82, 2.24) is 14.8 Å². The molecule has 0 unspecified atom stereocenters. The van der Waals surface area contributed by atoms with E-state index in [1.807, 2.05) is 59.5 Å². The molecule has 0 aliphatic rings. The van der Waals surface area contributed by atoms with E-state index in [2.05, 4.69) is 10.2 Å². The average Bonchev–Trinajstić information content (AvgIpc) is 3.34. The number of carbonyl (C=O) groups is 1. The first kappa shape index (κ1) is 19.0. The Morgan fingerprint density at radius 2 is 2.04 bits per heavy atom. The lowest BCUT2D eigenvalue weighted by atomic mass is 10.2. The Morgan fingerprint density at radius 3 is 2.69 bits per heavy atom. The van der Waals surface area contributed by atoms with Crippen molar-refractivity contribution in [3.63, 3.8) is 0 Å². The predicted octanol–water partition coefficient (Wildman–Crippen LogP) is 4.58. The molecule has 3 rings (SSSR count). The molecule has 0 radical (unpaired) electrons. The summed E-state index contributed by atoms with van der Waals surface area (Å²) in [5.41, 5.74) is 0.984. The summed E-state index contributed by atoms with van der Waals surface area (Å²) >= 11 is 4.67. The molecule has 0 fully saturated rings. The van der Waals surface area contributed by atoms with Gasteiger partial charge in [-0.2, -0.15) is 0 Å². The Kier molecular flexibility index (Phi) is 6.76. The van der Waals surface area contributed by atoms with Gasteiger partial charge < -0.3 is 9.30 Å². The van der Waals surface area contributed by atoms with E-state index in [4.69, 9.17) is 4.74 Å². The highest BCUT2D eigenvalue weighted by Gasteiger charge is 2.15. The SMILES string of the molecule is CCn1c(SCC(=O)OCc2ccc(SC)cc2)nnc1-c1cccs1. The van der Waals surface area contributed by atoms with Crippen LogP contribution in [0.5, 0.6) is 0 Å². The second-order valence-electron chi connectivity index (χ2n) is 5.33. The van der Waals surface area contributed by atoms with Gasteiger partial charge in [0, 0.05) is 11.4 Å². The summed E-state index contributed by atoms with van der Waals surface area (Å²) in [5, 5.41) is 11.2. The minimum atomic E-state index is -0.257. The molecular formula is C18H19N3O2S3. The Balaban J connectivity index is 1.54. The number of aromatic nitrogens is 3. The van der Waals surface area contributed by atoms with Crippen LogP contribution in [0.3, 0.4) is 0 Å². The van der Waals surface area contributed by atoms with Crippen molar-refractivity contribution in [3.05, 3.63) is 47.3 Å². The van der Waals surface area contributed by atoms with Crippen LogP contribution in [0.15, 0.2) is 51.8 Å². The topological polar surface area (TPSA) is 57.0 Å². The number of rotatable bonds is 8. The van der Waals surface area contributed by atoms with Crippen molar-refractivity contribution in [2.24, 2.45) is 0 Å². The molecule has 136 valence electrons. The van der Waals surface area contributed by atoms with Crippen molar-refractivity contribution in [2.45, 2.75) is 30.1 Å². The molecule has 0 amide bonds. The molecule has 2 heterocycles. The number of carbonyl (C=O) groups excluding carboxylic acids is 1. The van der Waals surface area contributed by atoms with Gasteiger partial charge in [-0.15, -0.1) is 33.3 Å². The molecule has 0 saturated carbocycles. The van der Waals surface area contributed by atoms with Crippen molar-refractivity contribution in [1.29, 1.82) is 0 Å². The van der Waals surface area contributed by atoms with Crippen LogP contribution >= 0.6 is 34.9 Å². The molecule has 0 bridgehead atoms. The van der Waals surface area contributed by atoms with Crippen LogP contribution in [0, 0.1) is 0 Å². The standard InChI is InChI=1S/C18H19N3O2S3/c1-3-21-17(15-5-4-10-25-15)19-20-18(21)26-12-16(22)23-11-13-6-8-14(24-2)9-7-13/h4-10H,3,11-12H2,1-2H3. The fourth-order valence-corrected chi connectivity index (χ4v) is 4.25. The zero-order valence-corrected chi connectivity index (χ0v) is 17.0. The summed E-state index contributed by atoms with van der Waals surface area (Å²) in [6.07, 6.45) is 2.03. The van der Waals surface area contributed by atoms with Gasteiger partial charge >= 0.3 is 5.97 Å². The maximum Gasteiger partial charge on any atom is 0.316 e. The summed E-state index contributed by atoms with van der Waals surface area (Å²) in [6, 6.07) is 12.0. The van der Waals surface area contributed by atoms with Crippen molar-refractivity contribution >= 4 is 40.8 Å². The third-order valence-electron chi connectivity index (χ3n) is 3.65. The third-order valence-corrected chi connectivity index (χ3v) is 6.20. The van der Waals surface area contributed by atoms with Crippen LogP contribution in [0.2, 0.25) is 0 Å². The molecular weight excluding hydrogens is 386 g/mol. The summed E-state index contributed by atoms with van der Waals surface area (Å²) in [6.45, 7) is 3.08. The lowest BCUT2D eigenvalue weighted by Crippen LogP contribution is -2.08. The number of nitrogens with zero attached hydrogens (tertiary/aromatic N) is 3. The molecule has 0 spiro atoms. The Hall–Kier alpha value is -1.77. The van der Waals surface area contributed by atoms with Gasteiger partial charge in [-0.05, 0) is 42.3 Å². The fraction of sp³-hybridized carbons (Fsp3) is 0.278. The van der Waals surface area contributed by atoms with E-state index in [0.29, 0.717) is 0 Å². The van der Waals surface area contributed by atoms with E-state index in [0.717, 1.165) is 28.0 Å². The van der Waals surface area contributed by atoms with Gasteiger partial charge in [0.1, 0.15) is 6.61 Å². The molecule has 26 heavy (non-hydrogen) atoms. The minimum absolute atomic E-state index is 0.214. The van der Waals surface area contributed by atoms with E-state index in [1.165, 1.54) is 16.7 Å². The number of hydrogen-bond acceptors (Lipinski definition) is 7. The number of benzene rings is 1. The molecule has 3 aromatic rings. The summed E-state index contributed by atoms with van der Waals surface area (Å²) < 4.78 is 7.37. The van der Waals surface area contributed by atoms with Gasteiger partial charge in [-0.3, -0.25) is 4.79 Å². The predicted molar refractivity (Wildman–Crippen MR) is 108 cm³/mol. The smallest absolute Gasteiger partial charge is 0.316 e. The highest BCUT2D eigenvalue weighted by atomic mass is 32.2. The molecule has 8 heteroatoms. The Labute approximate surface area is 165 Å². The molecule has 2 aromatic heterocycles. The summed E-state index contributed by atoms with van der Waals surface area (Å²) in [7, 11) is 0. The van der Waals surface area contributed by atoms with Crippen LogP contribution in [0.1, 0.15) is 12.5 Å². The molecule has 0 aliphatic carbocycles. The van der Waals surface area contributed by atoms with E-state index < -0.39 is 0 Å². The molecule has 5 nitrogen and oxygen atoms in total. The van der Waals surface area contributed by atoms with E-state index in [9.17, 15) is 4.79 Å². The van der Waals surface area contributed by atoms with Crippen LogP contribution in [0.4, 0.5) is 0 Å². The zero-order chi connectivity index (χ0) is 18.4. The van der Waals surface area contributed by atoms with E-state index in [-0.39, 0.29) is 18.3 Å². The molecule has 0 saturated heterocycles. The normalized spacial score (nSPS) is 10.8. The van der Waals surface area contributed by atoms with E-state index >= 15 is 0 Å². The van der Waals surface area contributed by atoms with Gasteiger partial charge in [0.15, 0.2) is 11.0 Å². The first-order valence-electron chi connectivity index (χ1n) is 8.09. The molecule has 0 N–H and O–H groups in total. The lowest BCUT2D eigenvalue weighted by molar-refractivity contribution is -0.141. The Bertz CT molecular complexity index is 845. The fourth-order valence-electron chi connectivity index (χ4n) is 2.32. The number of hydrogen-bond donors (Lipinski definition) is 0. The first-order chi connectivity index (χ1) is 12.7. The first-order valence-corrected chi connectivity index (χ1v) is 11.2. The second-order valence-corrected chi connectivity index (χ2v) is 8.10. The number of thiophene rings is 1. The maximum atomic E-state index is 12.0. The van der Waals surface area contributed by atoms with Gasteiger partial charge in [0.25, 0.3) is 0 Å². The summed E-state index contributed by atoms with van der Waals surface area (Å²) in [5.74, 6) is 0.797. The van der Waals surface area contributed by atoms with Gasteiger partial charge in [0.2, 0.25) is 0 Å². The number of esters is 1. The van der Waals surface area contributed by atoms with E-state index in [1.54, 1.807) is 23.1 Å². The lowest BCUT2D eigenvalue weighted by Gasteiger charge is -2.07. The minimum Gasteiger partial charge on any atom is -0.460 e. The van der Waals surface area contributed by atoms with Gasteiger partial charge in [0.05, 0.1) is 10.6 Å². The molecule has 0 aliphatic heterocycles. The second kappa shape index (κ2) is 9.25. The van der Waals surface area contributed by atoms with Gasteiger partial charge in [-0.25, -0.2) is 0 Å². The molecule has 1 aromatic carbocycles. The highest BCUT2D eigenvalue weighted by Crippen LogP contribution is 2.27. The number of thioether (sulfide) groups is 2. The molecule has 0 atom stereocenters. The summed E-state index contributed by atoms with van der Waals surface area (Å²) in [4.78, 5) is 14.3. The van der Waals surface area contributed by atoms with Crippen molar-refractivity contribution < 1.29 is 9.53 Å².